The van der Waals surface area contributed by atoms with E-state index in [1.54, 1.807) is 0 Å². The van der Waals surface area contributed by atoms with Crippen LogP contribution in [0.25, 0.3) is 0 Å². The molecule has 102 valence electrons. The Balaban J connectivity index is 2.19. The summed E-state index contributed by atoms with van der Waals surface area (Å²) in [7, 11) is 0. The lowest BCUT2D eigenvalue weighted by Crippen LogP contribution is -2.20. The summed E-state index contributed by atoms with van der Waals surface area (Å²) in [5.74, 6) is 0.00972. The number of thiophene rings is 1. The van der Waals surface area contributed by atoms with Crippen molar-refractivity contribution in [1.29, 1.82) is 5.26 Å². The Bertz CT molecular complexity index is 552. The topological polar surface area (TPSA) is 105 Å². The minimum atomic E-state index is -0.586. The predicted molar refractivity (Wildman–Crippen MR) is 77.0 cm³/mol. The lowest BCUT2D eigenvalue weighted by Gasteiger charge is -2.20. The Morgan fingerprint density at radius 2 is 2.21 bits per heavy atom. The van der Waals surface area contributed by atoms with Crippen LogP contribution < -0.4 is 16.8 Å². The van der Waals surface area contributed by atoms with Crippen molar-refractivity contribution < 1.29 is 4.79 Å². The first kappa shape index (κ1) is 13.7. The fourth-order valence-corrected chi connectivity index (χ4v) is 3.16. The molecule has 1 aromatic heterocycles. The molecule has 0 atom stereocenters. The molecule has 1 aliphatic rings. The SMILES string of the molecule is CC(C)C1(CNc2sc(C(N)=O)c(N)c2C#N)CC1. The summed E-state index contributed by atoms with van der Waals surface area (Å²) in [5.41, 5.74) is 11.9. The Kier molecular flexibility index (Phi) is 3.42. The maximum atomic E-state index is 11.2. The van der Waals surface area contributed by atoms with Crippen LogP contribution in [0.2, 0.25) is 0 Å². The summed E-state index contributed by atoms with van der Waals surface area (Å²) in [5, 5.41) is 13.1. The van der Waals surface area contributed by atoms with Gasteiger partial charge in [0.05, 0.1) is 5.69 Å². The average Bonchev–Trinajstić information content (AvgIpc) is 3.06. The first-order valence-electron chi connectivity index (χ1n) is 6.27. The number of nitrogens with one attached hydrogen (secondary N) is 1. The number of nitrogen functional groups attached to an aromatic ring is 1. The molecule has 1 heterocycles. The third-order valence-electron chi connectivity index (χ3n) is 4.00. The van der Waals surface area contributed by atoms with Gasteiger partial charge in [0.1, 0.15) is 21.5 Å². The van der Waals surface area contributed by atoms with Crippen LogP contribution in [-0.4, -0.2) is 12.5 Å². The van der Waals surface area contributed by atoms with Crippen LogP contribution in [0.4, 0.5) is 10.7 Å². The van der Waals surface area contributed by atoms with Crippen molar-refractivity contribution in [2.75, 3.05) is 17.6 Å². The van der Waals surface area contributed by atoms with Gasteiger partial charge in [-0.3, -0.25) is 4.79 Å². The molecule has 5 nitrogen and oxygen atoms in total. The van der Waals surface area contributed by atoms with Crippen molar-refractivity contribution in [3.63, 3.8) is 0 Å². The number of amides is 1. The van der Waals surface area contributed by atoms with Gasteiger partial charge in [-0.05, 0) is 24.2 Å². The van der Waals surface area contributed by atoms with E-state index < -0.39 is 5.91 Å². The van der Waals surface area contributed by atoms with Crippen molar-refractivity contribution >= 4 is 27.9 Å². The Morgan fingerprint density at radius 1 is 1.58 bits per heavy atom. The second kappa shape index (κ2) is 4.74. The van der Waals surface area contributed by atoms with Gasteiger partial charge in [0.15, 0.2) is 0 Å². The predicted octanol–water partition coefficient (Wildman–Crippen LogP) is 2.15. The standard InChI is InChI=1S/C13H18N4OS/c1-7(2)13(3-4-13)6-17-12-8(5-14)9(15)10(19-12)11(16)18/h7,17H,3-4,6,15H2,1-2H3,(H2,16,18). The zero-order chi connectivity index (χ0) is 14.2. The quantitative estimate of drug-likeness (QED) is 0.767. The number of hydrogen-bond acceptors (Lipinski definition) is 5. The fourth-order valence-electron chi connectivity index (χ4n) is 2.24. The van der Waals surface area contributed by atoms with E-state index in [0.717, 1.165) is 6.54 Å². The maximum Gasteiger partial charge on any atom is 0.261 e. The number of nitriles is 1. The molecular weight excluding hydrogens is 260 g/mol. The zero-order valence-corrected chi connectivity index (χ0v) is 11.9. The molecule has 1 saturated carbocycles. The van der Waals surface area contributed by atoms with Crippen LogP contribution in [0, 0.1) is 22.7 Å². The van der Waals surface area contributed by atoms with Gasteiger partial charge in [0.2, 0.25) is 0 Å². The highest BCUT2D eigenvalue weighted by atomic mass is 32.1. The van der Waals surface area contributed by atoms with Gasteiger partial charge in [0.25, 0.3) is 5.91 Å². The molecule has 0 unspecified atom stereocenters. The molecule has 1 aromatic rings. The number of nitrogens with two attached hydrogens (primary N) is 2. The van der Waals surface area contributed by atoms with E-state index in [1.165, 1.54) is 24.2 Å². The molecule has 6 heteroatoms. The highest BCUT2D eigenvalue weighted by Gasteiger charge is 2.45. The van der Waals surface area contributed by atoms with Gasteiger partial charge in [-0.15, -0.1) is 11.3 Å². The molecule has 0 radical (unpaired) electrons. The number of rotatable bonds is 5. The Labute approximate surface area is 116 Å². The van der Waals surface area contributed by atoms with Gasteiger partial charge < -0.3 is 16.8 Å². The second-order valence-corrected chi connectivity index (χ2v) is 6.42. The number of nitrogens with zero attached hydrogens (tertiary/aromatic N) is 1. The summed E-state index contributed by atoms with van der Waals surface area (Å²) in [6, 6.07) is 2.04. The molecule has 2 rings (SSSR count). The number of hydrogen-bond donors (Lipinski definition) is 3. The Morgan fingerprint density at radius 3 is 2.63 bits per heavy atom. The number of carbonyl (C=O) groups is 1. The van der Waals surface area contributed by atoms with Crippen LogP contribution in [0.15, 0.2) is 0 Å². The summed E-state index contributed by atoms with van der Waals surface area (Å²) >= 11 is 1.17. The van der Waals surface area contributed by atoms with E-state index in [0.29, 0.717) is 21.9 Å². The van der Waals surface area contributed by atoms with Crippen LogP contribution in [0.3, 0.4) is 0 Å². The van der Waals surface area contributed by atoms with Crippen molar-refractivity contribution in [1.82, 2.24) is 0 Å². The number of carbonyl (C=O) groups excluding carboxylic acids is 1. The van der Waals surface area contributed by atoms with E-state index in [9.17, 15) is 4.79 Å². The van der Waals surface area contributed by atoms with E-state index in [1.807, 2.05) is 6.07 Å². The maximum absolute atomic E-state index is 11.2. The van der Waals surface area contributed by atoms with Crippen molar-refractivity contribution in [3.8, 4) is 6.07 Å². The monoisotopic (exact) mass is 278 g/mol. The smallest absolute Gasteiger partial charge is 0.261 e. The minimum Gasteiger partial charge on any atom is -0.396 e. The number of primary amides is 1. The highest BCUT2D eigenvalue weighted by molar-refractivity contribution is 7.18. The second-order valence-electron chi connectivity index (χ2n) is 5.40. The molecule has 1 aliphatic carbocycles. The number of anilines is 2. The minimum absolute atomic E-state index is 0.192. The van der Waals surface area contributed by atoms with Crippen LogP contribution in [0.1, 0.15) is 41.9 Å². The van der Waals surface area contributed by atoms with Gasteiger partial charge in [0, 0.05) is 6.54 Å². The lowest BCUT2D eigenvalue weighted by atomic mass is 9.92. The molecule has 19 heavy (non-hydrogen) atoms. The lowest BCUT2D eigenvalue weighted by molar-refractivity contribution is 0.100. The van der Waals surface area contributed by atoms with Crippen molar-refractivity contribution in [3.05, 3.63) is 10.4 Å². The summed E-state index contributed by atoms with van der Waals surface area (Å²) in [6.45, 7) is 5.21. The van der Waals surface area contributed by atoms with E-state index >= 15 is 0 Å². The van der Waals surface area contributed by atoms with Gasteiger partial charge in [-0.25, -0.2) is 0 Å². The molecule has 0 bridgehead atoms. The van der Waals surface area contributed by atoms with E-state index in [4.69, 9.17) is 16.7 Å². The molecule has 0 saturated heterocycles. The molecule has 0 aliphatic heterocycles. The molecule has 1 amide bonds. The molecule has 0 aromatic carbocycles. The first-order valence-corrected chi connectivity index (χ1v) is 7.09. The highest BCUT2D eigenvalue weighted by Crippen LogP contribution is 2.52. The summed E-state index contributed by atoms with van der Waals surface area (Å²) in [4.78, 5) is 11.5. The van der Waals surface area contributed by atoms with Crippen LogP contribution in [-0.2, 0) is 0 Å². The fraction of sp³-hybridized carbons (Fsp3) is 0.538. The average molecular weight is 278 g/mol. The van der Waals surface area contributed by atoms with E-state index in [-0.39, 0.29) is 10.6 Å². The van der Waals surface area contributed by atoms with Crippen LogP contribution >= 0.6 is 11.3 Å². The molecule has 0 spiro atoms. The van der Waals surface area contributed by atoms with E-state index in [2.05, 4.69) is 19.2 Å². The van der Waals surface area contributed by atoms with Crippen LogP contribution in [0.5, 0.6) is 0 Å². The first-order chi connectivity index (χ1) is 8.91. The normalized spacial score (nSPS) is 16.1. The Hall–Kier alpha value is -1.74. The van der Waals surface area contributed by atoms with Gasteiger partial charge in [-0.2, -0.15) is 5.26 Å². The van der Waals surface area contributed by atoms with Gasteiger partial charge >= 0.3 is 0 Å². The third kappa shape index (κ3) is 2.38. The summed E-state index contributed by atoms with van der Waals surface area (Å²) in [6.07, 6.45) is 2.40. The molecule has 5 N–H and O–H groups in total. The largest absolute Gasteiger partial charge is 0.396 e. The molecule has 1 fully saturated rings. The van der Waals surface area contributed by atoms with Crippen molar-refractivity contribution in [2.45, 2.75) is 26.7 Å². The van der Waals surface area contributed by atoms with Gasteiger partial charge in [-0.1, -0.05) is 13.8 Å². The molecular formula is C13H18N4OS. The summed E-state index contributed by atoms with van der Waals surface area (Å²) < 4.78 is 0. The zero-order valence-electron chi connectivity index (χ0n) is 11.1. The third-order valence-corrected chi connectivity index (χ3v) is 5.18. The van der Waals surface area contributed by atoms with Crippen molar-refractivity contribution in [2.24, 2.45) is 17.1 Å².